The lowest BCUT2D eigenvalue weighted by Gasteiger charge is -2.33. The maximum absolute atomic E-state index is 14.2. The number of carbonyl (C=O) groups is 1. The van der Waals surface area contributed by atoms with Crippen molar-refractivity contribution in [3.05, 3.63) is 54.1 Å². The van der Waals surface area contributed by atoms with E-state index in [4.69, 9.17) is 20.4 Å². The van der Waals surface area contributed by atoms with E-state index in [2.05, 4.69) is 10.1 Å². The zero-order chi connectivity index (χ0) is 28.9. The number of piperidine rings is 1. The number of hydrogen-bond donors (Lipinski definition) is 2. The molecule has 0 bridgehead atoms. The van der Waals surface area contributed by atoms with Crippen molar-refractivity contribution in [1.29, 1.82) is 10.8 Å². The van der Waals surface area contributed by atoms with Gasteiger partial charge in [0.05, 0.1) is 11.6 Å². The van der Waals surface area contributed by atoms with Gasteiger partial charge in [-0.05, 0) is 101 Å². The molecule has 214 valence electrons. The predicted molar refractivity (Wildman–Crippen MR) is 155 cm³/mol. The van der Waals surface area contributed by atoms with Gasteiger partial charge in [0.15, 0.2) is 0 Å². The molecule has 9 heteroatoms. The summed E-state index contributed by atoms with van der Waals surface area (Å²) >= 11 is 0. The molecule has 1 saturated carbocycles. The number of ether oxygens (including phenoxy) is 1. The highest BCUT2D eigenvalue weighted by molar-refractivity contribution is 6.23. The van der Waals surface area contributed by atoms with Crippen molar-refractivity contribution in [3.63, 3.8) is 0 Å². The Balaban J connectivity index is 1.40. The number of rotatable bonds is 7. The molecular weight excluding hydrogens is 509 g/mol. The number of benzene rings is 1. The van der Waals surface area contributed by atoms with E-state index < -0.39 is 11.5 Å². The number of nitrogens with zero attached hydrogens (tertiary/aromatic N) is 3. The van der Waals surface area contributed by atoms with Crippen molar-refractivity contribution >= 4 is 23.2 Å². The molecule has 8 nitrogen and oxygen atoms in total. The molecule has 1 aromatic carbocycles. The zero-order valence-electron chi connectivity index (χ0n) is 23.9. The minimum atomic E-state index is -0.501. The molecule has 1 aromatic heterocycles. The minimum absolute atomic E-state index is 0.0848. The molecule has 1 saturated heterocycles. The maximum atomic E-state index is 14.2. The molecule has 2 aromatic rings. The summed E-state index contributed by atoms with van der Waals surface area (Å²) in [5.41, 5.74) is 3.46. The Bertz CT molecular complexity index is 1250. The molecule has 2 atom stereocenters. The summed E-state index contributed by atoms with van der Waals surface area (Å²) in [6.07, 6.45) is 6.72. The van der Waals surface area contributed by atoms with Crippen LogP contribution in [0.4, 0.5) is 9.18 Å². The third kappa shape index (κ3) is 7.52. The van der Waals surface area contributed by atoms with Gasteiger partial charge in [0, 0.05) is 42.5 Å². The van der Waals surface area contributed by atoms with E-state index in [-0.39, 0.29) is 17.8 Å². The molecule has 2 N–H and O–H groups in total. The summed E-state index contributed by atoms with van der Waals surface area (Å²) < 4.78 is 19.7. The second-order valence-corrected chi connectivity index (χ2v) is 11.8. The number of aromatic nitrogens is 1. The Labute approximate surface area is 236 Å². The standard InChI is InChI=1S/C31H40FN5O3/c1-20(33)29-27(34)16-23(25-8-7-24(32)18-26(25)22-6-5-12-35-19-22)17-28(29)36-39-15-11-21-9-13-37(14-10-21)30(38)40-31(2,3)4/h5-8,12,18-19,21,23,29,33-34H,9-11,13-17H2,1-4H3. The van der Waals surface area contributed by atoms with E-state index in [9.17, 15) is 9.18 Å². The van der Waals surface area contributed by atoms with Gasteiger partial charge in [-0.1, -0.05) is 17.3 Å². The van der Waals surface area contributed by atoms with Crippen LogP contribution in [0.25, 0.3) is 11.1 Å². The summed E-state index contributed by atoms with van der Waals surface area (Å²) in [6.45, 7) is 9.08. The molecular formula is C31H40FN5O3. The summed E-state index contributed by atoms with van der Waals surface area (Å²) in [6, 6.07) is 8.48. The second-order valence-electron chi connectivity index (χ2n) is 11.8. The zero-order valence-corrected chi connectivity index (χ0v) is 23.9. The number of pyridine rings is 1. The summed E-state index contributed by atoms with van der Waals surface area (Å²) in [4.78, 5) is 24.1. The highest BCUT2D eigenvalue weighted by atomic mass is 19.1. The SMILES string of the molecule is CC(=N)C1C(=N)CC(c2ccc(F)cc2-c2cccnc2)CC1=NOCCC1CCN(C(=O)OC(C)(C)C)CC1. The van der Waals surface area contributed by atoms with Gasteiger partial charge in [-0.3, -0.25) is 4.98 Å². The monoisotopic (exact) mass is 549 g/mol. The number of likely N-dealkylation sites (tertiary alicyclic amines) is 1. The average Bonchev–Trinajstić information content (AvgIpc) is 2.90. The maximum Gasteiger partial charge on any atom is 0.410 e. The van der Waals surface area contributed by atoms with Crippen LogP contribution < -0.4 is 0 Å². The van der Waals surface area contributed by atoms with E-state index in [1.165, 1.54) is 12.1 Å². The van der Waals surface area contributed by atoms with E-state index in [1.807, 2.05) is 32.9 Å². The van der Waals surface area contributed by atoms with Crippen LogP contribution in [0.15, 0.2) is 47.9 Å². The molecule has 2 unspecified atom stereocenters. The fraction of sp³-hybridized carbons (Fsp3) is 0.516. The Kier molecular flexibility index (Phi) is 9.32. The molecule has 1 amide bonds. The molecule has 4 rings (SSSR count). The molecule has 2 fully saturated rings. The predicted octanol–water partition coefficient (Wildman–Crippen LogP) is 6.85. The van der Waals surface area contributed by atoms with Crippen LogP contribution >= 0.6 is 0 Å². The summed E-state index contributed by atoms with van der Waals surface area (Å²) in [7, 11) is 0. The van der Waals surface area contributed by atoms with Crippen molar-refractivity contribution < 1.29 is 18.8 Å². The molecule has 2 heterocycles. The smallest absolute Gasteiger partial charge is 0.410 e. The molecule has 0 spiro atoms. The van der Waals surface area contributed by atoms with Gasteiger partial charge in [0.25, 0.3) is 0 Å². The first-order valence-corrected chi connectivity index (χ1v) is 14.0. The van der Waals surface area contributed by atoms with Gasteiger partial charge >= 0.3 is 6.09 Å². The van der Waals surface area contributed by atoms with Crippen molar-refractivity contribution in [1.82, 2.24) is 9.88 Å². The van der Waals surface area contributed by atoms with Gasteiger partial charge in [-0.25, -0.2) is 9.18 Å². The van der Waals surface area contributed by atoms with Crippen LogP contribution in [0.5, 0.6) is 0 Å². The van der Waals surface area contributed by atoms with E-state index in [1.54, 1.807) is 30.3 Å². The van der Waals surface area contributed by atoms with E-state index >= 15 is 0 Å². The number of oxime groups is 1. The van der Waals surface area contributed by atoms with Crippen LogP contribution in [0.3, 0.4) is 0 Å². The number of hydrogen-bond acceptors (Lipinski definition) is 7. The third-order valence-electron chi connectivity index (χ3n) is 7.53. The Morgan fingerprint density at radius 2 is 1.95 bits per heavy atom. The fourth-order valence-electron chi connectivity index (χ4n) is 5.58. The third-order valence-corrected chi connectivity index (χ3v) is 7.53. The van der Waals surface area contributed by atoms with Crippen molar-refractivity contribution in [2.75, 3.05) is 19.7 Å². The molecule has 1 aliphatic carbocycles. The van der Waals surface area contributed by atoms with Crippen molar-refractivity contribution in [2.45, 2.75) is 71.3 Å². The first-order chi connectivity index (χ1) is 19.0. The van der Waals surface area contributed by atoms with Crippen LogP contribution in [0.2, 0.25) is 0 Å². The number of amides is 1. The Morgan fingerprint density at radius 1 is 1.20 bits per heavy atom. The highest BCUT2D eigenvalue weighted by Gasteiger charge is 2.35. The van der Waals surface area contributed by atoms with Gasteiger partial charge in [0.2, 0.25) is 0 Å². The van der Waals surface area contributed by atoms with Gasteiger partial charge in [-0.2, -0.15) is 0 Å². The molecule has 0 radical (unpaired) electrons. The quantitative estimate of drug-likeness (QED) is 0.223. The second kappa shape index (κ2) is 12.7. The molecule has 2 aliphatic rings. The summed E-state index contributed by atoms with van der Waals surface area (Å²) in [5.74, 6) is -0.456. The van der Waals surface area contributed by atoms with Crippen LogP contribution in [-0.2, 0) is 9.57 Å². The lowest BCUT2D eigenvalue weighted by atomic mass is 9.73. The minimum Gasteiger partial charge on any atom is -0.444 e. The lowest BCUT2D eigenvalue weighted by molar-refractivity contribution is 0.0167. The van der Waals surface area contributed by atoms with E-state index in [0.29, 0.717) is 55.6 Å². The van der Waals surface area contributed by atoms with Crippen LogP contribution in [0, 0.1) is 28.5 Å². The van der Waals surface area contributed by atoms with Crippen molar-refractivity contribution in [3.8, 4) is 11.1 Å². The van der Waals surface area contributed by atoms with Crippen LogP contribution in [0.1, 0.15) is 71.3 Å². The first kappa shape index (κ1) is 29.4. The highest BCUT2D eigenvalue weighted by Crippen LogP contribution is 2.38. The number of halogens is 1. The number of carbonyl (C=O) groups excluding carboxylic acids is 1. The molecule has 40 heavy (non-hydrogen) atoms. The summed E-state index contributed by atoms with van der Waals surface area (Å²) in [5, 5.41) is 21.5. The largest absolute Gasteiger partial charge is 0.444 e. The van der Waals surface area contributed by atoms with Gasteiger partial charge in [-0.15, -0.1) is 0 Å². The van der Waals surface area contributed by atoms with Crippen LogP contribution in [-0.4, -0.2) is 58.4 Å². The fourth-order valence-corrected chi connectivity index (χ4v) is 5.58. The Hall–Kier alpha value is -3.62. The topological polar surface area (TPSA) is 112 Å². The normalized spacial score (nSPS) is 21.4. The number of nitrogens with one attached hydrogen (secondary N) is 2. The first-order valence-electron chi connectivity index (χ1n) is 14.0. The lowest BCUT2D eigenvalue weighted by Crippen LogP contribution is -2.41. The van der Waals surface area contributed by atoms with Gasteiger partial charge < -0.3 is 25.3 Å². The van der Waals surface area contributed by atoms with Crippen molar-refractivity contribution in [2.24, 2.45) is 17.0 Å². The average molecular weight is 550 g/mol. The van der Waals surface area contributed by atoms with Gasteiger partial charge in [0.1, 0.15) is 18.0 Å². The molecule has 1 aliphatic heterocycles. The van der Waals surface area contributed by atoms with E-state index in [0.717, 1.165) is 36.0 Å². The Morgan fingerprint density at radius 3 is 2.60 bits per heavy atom.